The molecule has 0 amide bonds. The van der Waals surface area contributed by atoms with E-state index in [-0.39, 0.29) is 18.1 Å². The third-order valence-electron chi connectivity index (χ3n) is 9.54. The smallest absolute Gasteiger partial charge is 0.108 e. The Kier molecular flexibility index (Phi) is 12.6. The highest BCUT2D eigenvalue weighted by atomic mass is 16.3. The summed E-state index contributed by atoms with van der Waals surface area (Å²) in [5.74, 6) is 2.33. The number of hydrogen-bond donors (Lipinski definition) is 6. The van der Waals surface area contributed by atoms with Crippen LogP contribution in [0.1, 0.15) is 116 Å². The summed E-state index contributed by atoms with van der Waals surface area (Å²) in [5.41, 5.74) is 12.3. The minimum atomic E-state index is -0.442. The van der Waals surface area contributed by atoms with Crippen LogP contribution in [0, 0.1) is 23.7 Å². The van der Waals surface area contributed by atoms with E-state index in [0.29, 0.717) is 18.4 Å². The fourth-order valence-electron chi connectivity index (χ4n) is 6.63. The second kappa shape index (κ2) is 15.1. The summed E-state index contributed by atoms with van der Waals surface area (Å²) in [4.78, 5) is 0. The minimum Gasteiger partial charge on any atom is -0.378 e. The van der Waals surface area contributed by atoms with Crippen molar-refractivity contribution in [1.29, 1.82) is 0 Å². The molecular weight excluding hydrogens is 424 g/mol. The molecule has 6 atom stereocenters. The molecular formula is C28H56N4O2. The van der Waals surface area contributed by atoms with Crippen molar-refractivity contribution >= 4 is 0 Å². The highest BCUT2D eigenvalue weighted by Gasteiger charge is 2.30. The van der Waals surface area contributed by atoms with Gasteiger partial charge >= 0.3 is 0 Å². The molecule has 34 heavy (non-hydrogen) atoms. The first kappa shape index (κ1) is 28.3. The third kappa shape index (κ3) is 9.01. The summed E-state index contributed by atoms with van der Waals surface area (Å²) in [6.45, 7) is 2.80. The van der Waals surface area contributed by atoms with Crippen molar-refractivity contribution in [3.63, 3.8) is 0 Å². The number of hydrogen-bond acceptors (Lipinski definition) is 6. The number of nitrogens with two attached hydrogens (primary N) is 2. The molecule has 0 aromatic heterocycles. The van der Waals surface area contributed by atoms with Crippen LogP contribution in [-0.2, 0) is 0 Å². The van der Waals surface area contributed by atoms with E-state index in [1.807, 2.05) is 0 Å². The monoisotopic (exact) mass is 480 g/mol. The zero-order valence-corrected chi connectivity index (χ0v) is 22.0. The van der Waals surface area contributed by atoms with Crippen LogP contribution in [0.2, 0.25) is 0 Å². The van der Waals surface area contributed by atoms with Crippen molar-refractivity contribution in [3.8, 4) is 0 Å². The minimum absolute atomic E-state index is 0.193. The van der Waals surface area contributed by atoms with Gasteiger partial charge in [0.2, 0.25) is 0 Å². The van der Waals surface area contributed by atoms with Gasteiger partial charge in [0.1, 0.15) is 12.5 Å². The van der Waals surface area contributed by atoms with Crippen molar-refractivity contribution in [1.82, 2.24) is 10.6 Å². The Labute approximate surface area is 209 Å². The molecule has 0 saturated heterocycles. The molecule has 0 spiro atoms. The predicted octanol–water partition coefficient (Wildman–Crippen LogP) is 3.98. The van der Waals surface area contributed by atoms with E-state index in [1.54, 1.807) is 0 Å². The standard InChI is InChI=1S/C28H56N4O2/c1-2-22(27(33)31-24(19-29)18-15-20-7-5-8-20)10-6-9-21-13-16-23(17-14-21)28(34)32-26-12-4-3-11-25(26)30/h20-28,31-34H,2-19,29-30H2,1H3/t21?,22?,23?,24?,25-,26?,27?,28?/m0/s1. The lowest BCUT2D eigenvalue weighted by Gasteiger charge is -2.37. The predicted molar refractivity (Wildman–Crippen MR) is 141 cm³/mol. The maximum atomic E-state index is 10.8. The first-order valence-corrected chi connectivity index (χ1v) is 14.8. The second-order valence-corrected chi connectivity index (χ2v) is 12.0. The van der Waals surface area contributed by atoms with Gasteiger partial charge < -0.3 is 21.7 Å². The summed E-state index contributed by atoms with van der Waals surface area (Å²) in [7, 11) is 0. The quantitative estimate of drug-likeness (QED) is 0.197. The maximum absolute atomic E-state index is 10.8. The molecule has 5 unspecified atom stereocenters. The van der Waals surface area contributed by atoms with Crippen LogP contribution < -0.4 is 22.1 Å². The van der Waals surface area contributed by atoms with E-state index in [2.05, 4.69) is 17.6 Å². The van der Waals surface area contributed by atoms with E-state index in [1.165, 1.54) is 64.2 Å². The molecule has 0 aliphatic heterocycles. The van der Waals surface area contributed by atoms with Gasteiger partial charge in [0.25, 0.3) is 0 Å². The fourth-order valence-corrected chi connectivity index (χ4v) is 6.63. The second-order valence-electron chi connectivity index (χ2n) is 12.0. The maximum Gasteiger partial charge on any atom is 0.108 e. The molecule has 3 fully saturated rings. The molecule has 6 heteroatoms. The third-order valence-corrected chi connectivity index (χ3v) is 9.54. The van der Waals surface area contributed by atoms with Gasteiger partial charge in [-0.3, -0.25) is 10.6 Å². The molecule has 3 aliphatic rings. The highest BCUT2D eigenvalue weighted by Crippen LogP contribution is 2.34. The Morgan fingerprint density at radius 2 is 1.56 bits per heavy atom. The van der Waals surface area contributed by atoms with Crippen molar-refractivity contribution in [2.45, 2.75) is 147 Å². The Morgan fingerprint density at radius 3 is 2.18 bits per heavy atom. The Balaban J connectivity index is 1.29. The van der Waals surface area contributed by atoms with Crippen molar-refractivity contribution in [2.24, 2.45) is 35.1 Å². The summed E-state index contributed by atoms with van der Waals surface area (Å²) < 4.78 is 0. The zero-order chi connectivity index (χ0) is 24.3. The molecule has 6 nitrogen and oxygen atoms in total. The zero-order valence-electron chi connectivity index (χ0n) is 22.0. The molecule has 0 bridgehead atoms. The molecule has 0 radical (unpaired) electrons. The fraction of sp³-hybridized carbons (Fsp3) is 1.00. The van der Waals surface area contributed by atoms with Crippen LogP contribution >= 0.6 is 0 Å². The van der Waals surface area contributed by atoms with Crippen LogP contribution in [0.5, 0.6) is 0 Å². The Bertz CT molecular complexity index is 538. The van der Waals surface area contributed by atoms with E-state index < -0.39 is 12.5 Å². The average molecular weight is 481 g/mol. The van der Waals surface area contributed by atoms with Gasteiger partial charge in [0.05, 0.1) is 0 Å². The Morgan fingerprint density at radius 1 is 0.853 bits per heavy atom. The van der Waals surface area contributed by atoms with Crippen LogP contribution in [0.25, 0.3) is 0 Å². The largest absolute Gasteiger partial charge is 0.378 e. The van der Waals surface area contributed by atoms with Gasteiger partial charge in [-0.05, 0) is 75.0 Å². The van der Waals surface area contributed by atoms with Crippen molar-refractivity contribution in [2.75, 3.05) is 6.54 Å². The molecule has 0 aromatic carbocycles. The highest BCUT2D eigenvalue weighted by molar-refractivity contribution is 4.87. The van der Waals surface area contributed by atoms with Gasteiger partial charge in [-0.15, -0.1) is 0 Å². The number of aliphatic hydroxyl groups is 2. The Hall–Kier alpha value is -0.240. The van der Waals surface area contributed by atoms with Crippen LogP contribution in [-0.4, -0.2) is 47.3 Å². The molecule has 0 aromatic rings. The summed E-state index contributed by atoms with van der Waals surface area (Å²) >= 11 is 0. The van der Waals surface area contributed by atoms with Crippen molar-refractivity contribution < 1.29 is 10.2 Å². The van der Waals surface area contributed by atoms with Crippen LogP contribution in [0.15, 0.2) is 0 Å². The summed E-state index contributed by atoms with van der Waals surface area (Å²) in [6.07, 6.45) is 19.4. The lowest BCUT2D eigenvalue weighted by atomic mass is 9.78. The van der Waals surface area contributed by atoms with Gasteiger partial charge in [0.15, 0.2) is 0 Å². The number of rotatable bonds is 15. The van der Waals surface area contributed by atoms with Crippen LogP contribution in [0.3, 0.4) is 0 Å². The van der Waals surface area contributed by atoms with Gasteiger partial charge in [-0.2, -0.15) is 0 Å². The molecule has 200 valence electrons. The van der Waals surface area contributed by atoms with Gasteiger partial charge in [-0.1, -0.05) is 64.7 Å². The number of aliphatic hydroxyl groups excluding tert-OH is 2. The van der Waals surface area contributed by atoms with E-state index >= 15 is 0 Å². The van der Waals surface area contributed by atoms with E-state index in [0.717, 1.165) is 56.8 Å². The summed E-state index contributed by atoms with van der Waals surface area (Å²) in [6, 6.07) is 0.714. The topological polar surface area (TPSA) is 117 Å². The normalized spacial score (nSPS) is 32.0. The molecule has 8 N–H and O–H groups in total. The average Bonchev–Trinajstić information content (AvgIpc) is 2.81. The molecule has 0 heterocycles. The molecule has 3 aliphatic carbocycles. The lowest BCUT2D eigenvalue weighted by Crippen LogP contribution is -2.53. The first-order chi connectivity index (χ1) is 16.5. The van der Waals surface area contributed by atoms with Crippen molar-refractivity contribution in [3.05, 3.63) is 0 Å². The number of nitrogens with one attached hydrogen (secondary N) is 2. The van der Waals surface area contributed by atoms with Gasteiger partial charge in [-0.25, -0.2) is 0 Å². The molecule has 3 saturated carbocycles. The van der Waals surface area contributed by atoms with E-state index in [9.17, 15) is 10.2 Å². The van der Waals surface area contributed by atoms with E-state index in [4.69, 9.17) is 11.5 Å². The lowest BCUT2D eigenvalue weighted by molar-refractivity contribution is 0.0277. The first-order valence-electron chi connectivity index (χ1n) is 14.8. The SMILES string of the molecule is CCC(CCCC1CCC(C(O)NC2CCCC[C@@H]2N)CC1)C(O)NC(CN)CCC1CCC1. The molecule has 3 rings (SSSR count). The summed E-state index contributed by atoms with van der Waals surface area (Å²) in [5, 5.41) is 28.5. The van der Waals surface area contributed by atoms with Gasteiger partial charge in [0, 0.05) is 24.7 Å². The van der Waals surface area contributed by atoms with Crippen LogP contribution in [0.4, 0.5) is 0 Å².